The molecule has 0 fully saturated rings. The van der Waals surface area contributed by atoms with E-state index in [1.165, 1.54) is 0 Å². The highest BCUT2D eigenvalue weighted by molar-refractivity contribution is 9.10. The second kappa shape index (κ2) is 3.08. The lowest BCUT2D eigenvalue weighted by molar-refractivity contribution is -0.142. The Kier molecular flexibility index (Phi) is 2.46. The Morgan fingerprint density at radius 3 is 2.50 bits per heavy atom. The first-order valence-corrected chi connectivity index (χ1v) is 3.87. The van der Waals surface area contributed by atoms with Gasteiger partial charge in [-0.1, -0.05) is 0 Å². The molecule has 1 radical (unpaired) electrons. The standard InChI is InChI=1S/C6H5BrF3N2/c1-4-5(7)2-11-12(4)3-6(8,9)10/h3H2,1H3. The number of nitrogens with zero attached hydrogens (tertiary/aromatic N) is 2. The molecule has 6 heteroatoms. The predicted molar refractivity (Wildman–Crippen MR) is 39.6 cm³/mol. The summed E-state index contributed by atoms with van der Waals surface area (Å²) in [7, 11) is 0. The molecule has 1 aromatic rings. The molecule has 1 aromatic heterocycles. The molecule has 0 atom stereocenters. The molecular weight excluding hydrogens is 237 g/mol. The van der Waals surface area contributed by atoms with Gasteiger partial charge in [-0.05, 0) is 22.9 Å². The average Bonchev–Trinajstić information content (AvgIpc) is 2.16. The molecule has 67 valence electrons. The van der Waals surface area contributed by atoms with Crippen LogP contribution in [0.5, 0.6) is 0 Å². The van der Waals surface area contributed by atoms with Crippen molar-refractivity contribution >= 4 is 15.9 Å². The highest BCUT2D eigenvalue weighted by Crippen LogP contribution is 2.20. The first kappa shape index (κ1) is 9.57. The van der Waals surface area contributed by atoms with Gasteiger partial charge in [0.15, 0.2) is 0 Å². The molecule has 0 saturated heterocycles. The summed E-state index contributed by atoms with van der Waals surface area (Å²) in [5, 5.41) is 3.43. The van der Waals surface area contributed by atoms with Gasteiger partial charge in [-0.25, -0.2) is 0 Å². The van der Waals surface area contributed by atoms with Crippen LogP contribution in [0.25, 0.3) is 0 Å². The molecule has 1 rings (SSSR count). The molecule has 1 heterocycles. The molecule has 2 nitrogen and oxygen atoms in total. The van der Waals surface area contributed by atoms with Gasteiger partial charge >= 0.3 is 6.18 Å². The number of hydrogen-bond acceptors (Lipinski definition) is 1. The van der Waals surface area contributed by atoms with Gasteiger partial charge in [0.25, 0.3) is 0 Å². The Balaban J connectivity index is 2.83. The van der Waals surface area contributed by atoms with Crippen molar-refractivity contribution in [1.82, 2.24) is 9.78 Å². The van der Waals surface area contributed by atoms with Crippen molar-refractivity contribution in [3.05, 3.63) is 16.4 Å². The minimum atomic E-state index is -4.23. The van der Waals surface area contributed by atoms with Crippen molar-refractivity contribution in [2.24, 2.45) is 0 Å². The normalized spacial score (nSPS) is 12.1. The van der Waals surface area contributed by atoms with Crippen molar-refractivity contribution in [3.8, 4) is 0 Å². The minimum absolute atomic E-state index is 0.423. The molecule has 0 spiro atoms. The fourth-order valence-corrected chi connectivity index (χ4v) is 0.981. The molecule has 0 aliphatic heterocycles. The van der Waals surface area contributed by atoms with Crippen LogP contribution < -0.4 is 0 Å². The third kappa shape index (κ3) is 2.23. The SMILES string of the molecule is Cc1c(Br)[c]nn1CC(F)(F)F. The van der Waals surface area contributed by atoms with E-state index in [2.05, 4.69) is 27.2 Å². The van der Waals surface area contributed by atoms with E-state index in [-0.39, 0.29) is 0 Å². The summed E-state index contributed by atoms with van der Waals surface area (Å²) in [6.45, 7) is 0.472. The van der Waals surface area contributed by atoms with Crippen LogP contribution in [0.2, 0.25) is 0 Å². The lowest BCUT2D eigenvalue weighted by atomic mass is 10.5. The van der Waals surface area contributed by atoms with E-state index in [4.69, 9.17) is 0 Å². The topological polar surface area (TPSA) is 17.8 Å². The third-order valence-corrected chi connectivity index (χ3v) is 2.05. The summed E-state index contributed by atoms with van der Waals surface area (Å²) in [6, 6.07) is 0. The summed E-state index contributed by atoms with van der Waals surface area (Å²) in [5.41, 5.74) is 0.423. The average molecular weight is 242 g/mol. The van der Waals surface area contributed by atoms with E-state index < -0.39 is 12.7 Å². The van der Waals surface area contributed by atoms with Crippen LogP contribution in [-0.4, -0.2) is 16.0 Å². The smallest absolute Gasteiger partial charge is 0.259 e. The minimum Gasteiger partial charge on any atom is -0.259 e. The maximum absolute atomic E-state index is 11.8. The Morgan fingerprint density at radius 2 is 2.17 bits per heavy atom. The van der Waals surface area contributed by atoms with Crippen LogP contribution in [0.1, 0.15) is 5.69 Å². The summed E-state index contributed by atoms with van der Waals surface area (Å²) < 4.78 is 36.8. The predicted octanol–water partition coefficient (Wildman–Crippen LogP) is 2.32. The number of rotatable bonds is 1. The second-order valence-corrected chi connectivity index (χ2v) is 3.08. The van der Waals surface area contributed by atoms with Gasteiger partial charge in [0.05, 0.1) is 10.2 Å². The quantitative estimate of drug-likeness (QED) is 0.738. The van der Waals surface area contributed by atoms with Gasteiger partial charge < -0.3 is 0 Å². The summed E-state index contributed by atoms with van der Waals surface area (Å²) in [5.74, 6) is 0. The number of alkyl halides is 3. The zero-order valence-electron chi connectivity index (χ0n) is 6.11. The lowest BCUT2D eigenvalue weighted by Crippen LogP contribution is -2.19. The Bertz CT molecular complexity index is 279. The van der Waals surface area contributed by atoms with E-state index >= 15 is 0 Å². The Hall–Kier alpha value is -0.520. The molecular formula is C6H5BrF3N2. The van der Waals surface area contributed by atoms with Crippen LogP contribution in [0.15, 0.2) is 4.47 Å². The highest BCUT2D eigenvalue weighted by Gasteiger charge is 2.29. The van der Waals surface area contributed by atoms with Gasteiger partial charge in [-0.2, -0.15) is 18.3 Å². The van der Waals surface area contributed by atoms with E-state index in [0.717, 1.165) is 4.68 Å². The van der Waals surface area contributed by atoms with E-state index in [1.807, 2.05) is 0 Å². The zero-order valence-corrected chi connectivity index (χ0v) is 7.70. The lowest BCUT2D eigenvalue weighted by Gasteiger charge is -2.07. The molecule has 0 N–H and O–H groups in total. The van der Waals surface area contributed by atoms with Crippen LogP contribution in [-0.2, 0) is 6.54 Å². The van der Waals surface area contributed by atoms with E-state index in [9.17, 15) is 13.2 Å². The van der Waals surface area contributed by atoms with Crippen molar-refractivity contribution < 1.29 is 13.2 Å². The zero-order chi connectivity index (χ0) is 9.35. The number of hydrogen-bond donors (Lipinski definition) is 0. The first-order valence-electron chi connectivity index (χ1n) is 3.07. The number of aromatic nitrogens is 2. The van der Waals surface area contributed by atoms with Gasteiger partial charge in [-0.3, -0.25) is 4.68 Å². The van der Waals surface area contributed by atoms with Crippen LogP contribution in [0.4, 0.5) is 13.2 Å². The van der Waals surface area contributed by atoms with Crippen molar-refractivity contribution in [3.63, 3.8) is 0 Å². The van der Waals surface area contributed by atoms with Gasteiger partial charge in [0.1, 0.15) is 12.7 Å². The van der Waals surface area contributed by atoms with Crippen molar-refractivity contribution in [2.75, 3.05) is 0 Å². The fourth-order valence-electron chi connectivity index (χ4n) is 0.697. The fraction of sp³-hybridized carbons (Fsp3) is 0.500. The molecule has 0 amide bonds. The molecule has 0 aliphatic carbocycles. The Labute approximate surface area is 75.5 Å². The van der Waals surface area contributed by atoms with Gasteiger partial charge in [-0.15, -0.1) is 0 Å². The summed E-state index contributed by atoms with van der Waals surface area (Å²) in [6.07, 6.45) is -1.84. The third-order valence-electron chi connectivity index (χ3n) is 1.30. The van der Waals surface area contributed by atoms with Crippen LogP contribution in [0, 0.1) is 13.1 Å². The van der Waals surface area contributed by atoms with Crippen LogP contribution in [0.3, 0.4) is 0 Å². The largest absolute Gasteiger partial charge is 0.408 e. The monoisotopic (exact) mass is 241 g/mol. The molecule has 12 heavy (non-hydrogen) atoms. The molecule has 0 aromatic carbocycles. The molecule has 0 bridgehead atoms. The van der Waals surface area contributed by atoms with Crippen molar-refractivity contribution in [1.29, 1.82) is 0 Å². The van der Waals surface area contributed by atoms with Crippen LogP contribution >= 0.6 is 15.9 Å². The van der Waals surface area contributed by atoms with Gasteiger partial charge in [0.2, 0.25) is 0 Å². The molecule has 0 saturated carbocycles. The van der Waals surface area contributed by atoms with Crippen molar-refractivity contribution in [2.45, 2.75) is 19.6 Å². The highest BCUT2D eigenvalue weighted by atomic mass is 79.9. The summed E-state index contributed by atoms with van der Waals surface area (Å²) >= 11 is 3.02. The first-order chi connectivity index (χ1) is 5.40. The van der Waals surface area contributed by atoms with Gasteiger partial charge in [0, 0.05) is 0 Å². The van der Waals surface area contributed by atoms with E-state index in [0.29, 0.717) is 10.2 Å². The van der Waals surface area contributed by atoms with E-state index in [1.54, 1.807) is 6.92 Å². The second-order valence-electron chi connectivity index (χ2n) is 2.28. The summed E-state index contributed by atoms with van der Waals surface area (Å²) in [4.78, 5) is 0. The maximum atomic E-state index is 11.8. The Morgan fingerprint density at radius 1 is 1.58 bits per heavy atom. The molecule has 0 aliphatic rings. The molecule has 0 unspecified atom stereocenters. The maximum Gasteiger partial charge on any atom is 0.408 e. The number of halogens is 4.